The van der Waals surface area contributed by atoms with Crippen molar-refractivity contribution in [2.75, 3.05) is 6.61 Å². The number of halogens is 4. The van der Waals surface area contributed by atoms with Crippen LogP contribution in [0.3, 0.4) is 0 Å². The first-order chi connectivity index (χ1) is 9.29. The molecule has 20 heavy (non-hydrogen) atoms. The quantitative estimate of drug-likeness (QED) is 0.820. The van der Waals surface area contributed by atoms with E-state index in [9.17, 15) is 22.4 Å². The van der Waals surface area contributed by atoms with Crippen LogP contribution in [0.1, 0.15) is 35.7 Å². The molecule has 0 aromatic heterocycles. The summed E-state index contributed by atoms with van der Waals surface area (Å²) in [6.07, 6.45) is -3.91. The molecule has 0 bridgehead atoms. The molecule has 0 heterocycles. The van der Waals surface area contributed by atoms with Crippen molar-refractivity contribution in [1.29, 1.82) is 0 Å². The highest BCUT2D eigenvalue weighted by atomic mass is 19.4. The van der Waals surface area contributed by atoms with E-state index in [1.807, 2.05) is 0 Å². The molecule has 0 aliphatic carbocycles. The Kier molecular flexibility index (Phi) is 5.50. The molecule has 1 amide bonds. The van der Waals surface area contributed by atoms with Crippen molar-refractivity contribution >= 4 is 5.91 Å². The van der Waals surface area contributed by atoms with Crippen LogP contribution < -0.4 is 5.32 Å². The van der Waals surface area contributed by atoms with Gasteiger partial charge < -0.3 is 10.4 Å². The van der Waals surface area contributed by atoms with Crippen molar-refractivity contribution in [2.45, 2.75) is 32.0 Å². The van der Waals surface area contributed by atoms with Gasteiger partial charge in [-0.15, -0.1) is 0 Å². The van der Waals surface area contributed by atoms with Gasteiger partial charge in [-0.25, -0.2) is 4.39 Å². The Morgan fingerprint density at radius 3 is 2.55 bits per heavy atom. The second-order valence-corrected chi connectivity index (χ2v) is 4.28. The molecule has 0 aliphatic heterocycles. The minimum atomic E-state index is -4.64. The summed E-state index contributed by atoms with van der Waals surface area (Å²) in [5.74, 6) is -1.94. The first kappa shape index (κ1) is 16.4. The zero-order valence-electron chi connectivity index (χ0n) is 10.8. The minimum absolute atomic E-state index is 0.177. The lowest BCUT2D eigenvalue weighted by Crippen LogP contribution is -2.35. The first-order valence-corrected chi connectivity index (χ1v) is 6.08. The fraction of sp³-hybridized carbons (Fsp3) is 0.462. The van der Waals surface area contributed by atoms with E-state index in [0.29, 0.717) is 24.6 Å². The monoisotopic (exact) mass is 293 g/mol. The Morgan fingerprint density at radius 2 is 2.05 bits per heavy atom. The van der Waals surface area contributed by atoms with Gasteiger partial charge in [0.05, 0.1) is 11.1 Å². The minimum Gasteiger partial charge on any atom is -0.396 e. The van der Waals surface area contributed by atoms with Crippen LogP contribution in [0.4, 0.5) is 17.6 Å². The Bertz CT molecular complexity index is 474. The van der Waals surface area contributed by atoms with Crippen molar-refractivity contribution in [3.8, 4) is 0 Å². The second-order valence-electron chi connectivity index (χ2n) is 4.28. The van der Waals surface area contributed by atoms with Gasteiger partial charge in [-0.2, -0.15) is 13.2 Å². The molecule has 0 spiro atoms. The molecule has 1 aromatic carbocycles. The van der Waals surface area contributed by atoms with E-state index < -0.39 is 35.1 Å². The summed E-state index contributed by atoms with van der Waals surface area (Å²) in [4.78, 5) is 11.8. The third-order valence-corrected chi connectivity index (χ3v) is 2.84. The second kappa shape index (κ2) is 6.69. The van der Waals surface area contributed by atoms with Gasteiger partial charge in [-0.3, -0.25) is 4.79 Å². The number of aliphatic hydroxyl groups excluding tert-OH is 1. The van der Waals surface area contributed by atoms with Crippen molar-refractivity contribution in [3.05, 3.63) is 35.1 Å². The van der Waals surface area contributed by atoms with Crippen LogP contribution >= 0.6 is 0 Å². The van der Waals surface area contributed by atoms with Crippen LogP contribution in [0, 0.1) is 5.82 Å². The number of rotatable bonds is 5. The molecule has 1 aromatic rings. The van der Waals surface area contributed by atoms with E-state index in [1.54, 1.807) is 6.92 Å². The molecule has 0 saturated heterocycles. The van der Waals surface area contributed by atoms with Crippen LogP contribution in [-0.2, 0) is 6.18 Å². The summed E-state index contributed by atoms with van der Waals surface area (Å²) >= 11 is 0. The molecular formula is C13H15F4NO2. The molecule has 1 rings (SSSR count). The van der Waals surface area contributed by atoms with Crippen molar-refractivity contribution < 1.29 is 27.5 Å². The summed E-state index contributed by atoms with van der Waals surface area (Å²) in [6.45, 7) is 1.56. The van der Waals surface area contributed by atoms with E-state index in [4.69, 9.17) is 5.11 Å². The lowest BCUT2D eigenvalue weighted by atomic mass is 10.1. The average Bonchev–Trinajstić information content (AvgIpc) is 2.37. The highest BCUT2D eigenvalue weighted by Crippen LogP contribution is 2.30. The molecule has 0 radical (unpaired) electrons. The van der Waals surface area contributed by atoms with Gasteiger partial charge in [0.2, 0.25) is 0 Å². The van der Waals surface area contributed by atoms with Gasteiger partial charge in [-0.05, 0) is 31.0 Å². The maximum Gasteiger partial charge on any atom is 0.416 e. The Balaban J connectivity index is 2.97. The first-order valence-electron chi connectivity index (χ1n) is 6.08. The van der Waals surface area contributed by atoms with Gasteiger partial charge in [0.1, 0.15) is 5.82 Å². The maximum atomic E-state index is 13.5. The van der Waals surface area contributed by atoms with E-state index in [1.165, 1.54) is 0 Å². The van der Waals surface area contributed by atoms with E-state index in [-0.39, 0.29) is 13.0 Å². The van der Waals surface area contributed by atoms with Crippen molar-refractivity contribution in [2.24, 2.45) is 0 Å². The Morgan fingerprint density at radius 1 is 1.40 bits per heavy atom. The van der Waals surface area contributed by atoms with Gasteiger partial charge >= 0.3 is 6.18 Å². The van der Waals surface area contributed by atoms with E-state index in [0.717, 1.165) is 0 Å². The highest BCUT2D eigenvalue weighted by Gasteiger charge is 2.32. The van der Waals surface area contributed by atoms with Crippen molar-refractivity contribution in [3.63, 3.8) is 0 Å². The van der Waals surface area contributed by atoms with E-state index >= 15 is 0 Å². The summed E-state index contributed by atoms with van der Waals surface area (Å²) < 4.78 is 51.0. The fourth-order valence-electron chi connectivity index (χ4n) is 1.67. The number of amides is 1. The zero-order valence-corrected chi connectivity index (χ0v) is 10.8. The van der Waals surface area contributed by atoms with Gasteiger partial charge in [-0.1, -0.05) is 6.92 Å². The molecule has 1 unspecified atom stereocenters. The number of aliphatic hydroxyl groups is 1. The number of carbonyl (C=O) groups excluding carboxylic acids is 1. The lowest BCUT2D eigenvalue weighted by molar-refractivity contribution is -0.137. The zero-order chi connectivity index (χ0) is 15.3. The van der Waals surface area contributed by atoms with Gasteiger partial charge in [0.25, 0.3) is 5.91 Å². The van der Waals surface area contributed by atoms with Crippen LogP contribution in [0.15, 0.2) is 18.2 Å². The van der Waals surface area contributed by atoms with Crippen LogP contribution in [0.5, 0.6) is 0 Å². The van der Waals surface area contributed by atoms with Gasteiger partial charge in [0.15, 0.2) is 0 Å². The Labute approximate surface area is 113 Å². The van der Waals surface area contributed by atoms with E-state index in [2.05, 4.69) is 5.32 Å². The predicted octanol–water partition coefficient (Wildman–Crippen LogP) is 2.74. The number of alkyl halides is 3. The highest BCUT2D eigenvalue weighted by molar-refractivity contribution is 5.94. The maximum absolute atomic E-state index is 13.5. The third kappa shape index (κ3) is 4.19. The average molecular weight is 293 g/mol. The molecule has 7 heteroatoms. The van der Waals surface area contributed by atoms with Crippen LogP contribution in [0.2, 0.25) is 0 Å². The summed E-state index contributed by atoms with van der Waals surface area (Å²) in [6, 6.07) is 1.26. The summed E-state index contributed by atoms with van der Waals surface area (Å²) in [5, 5.41) is 11.2. The van der Waals surface area contributed by atoms with Gasteiger partial charge in [0, 0.05) is 12.6 Å². The molecular weight excluding hydrogens is 278 g/mol. The normalized spacial score (nSPS) is 13.1. The molecule has 112 valence electrons. The number of carbonyl (C=O) groups is 1. The number of hydrogen-bond acceptors (Lipinski definition) is 2. The SMILES string of the molecule is CCC(CCO)NC(=O)c1cc(C(F)(F)F)ccc1F. The summed E-state index contributed by atoms with van der Waals surface area (Å²) in [7, 11) is 0. The molecule has 0 saturated carbocycles. The lowest BCUT2D eigenvalue weighted by Gasteiger charge is -2.16. The van der Waals surface area contributed by atoms with Crippen LogP contribution in [-0.4, -0.2) is 23.7 Å². The number of benzene rings is 1. The molecule has 1 atom stereocenters. The topological polar surface area (TPSA) is 49.3 Å². The predicted molar refractivity (Wildman–Crippen MR) is 64.7 cm³/mol. The summed E-state index contributed by atoms with van der Waals surface area (Å²) in [5.41, 5.74) is -1.74. The van der Waals surface area contributed by atoms with Crippen LogP contribution in [0.25, 0.3) is 0 Å². The third-order valence-electron chi connectivity index (χ3n) is 2.84. The number of hydrogen-bond donors (Lipinski definition) is 2. The standard InChI is InChI=1S/C13H15F4NO2/c1-2-9(5-6-19)18-12(20)10-7-8(13(15,16)17)3-4-11(10)14/h3-4,7,9,19H,2,5-6H2,1H3,(H,18,20). The molecule has 0 fully saturated rings. The molecule has 0 aliphatic rings. The molecule has 3 nitrogen and oxygen atoms in total. The smallest absolute Gasteiger partial charge is 0.396 e. The van der Waals surface area contributed by atoms with Crippen molar-refractivity contribution in [1.82, 2.24) is 5.32 Å². The Hall–Kier alpha value is -1.63. The largest absolute Gasteiger partial charge is 0.416 e. The fourth-order valence-corrected chi connectivity index (χ4v) is 1.67. The molecule has 2 N–H and O–H groups in total. The number of nitrogens with one attached hydrogen (secondary N) is 1.